The molecule has 1 aromatic heterocycles. The zero-order valence-corrected chi connectivity index (χ0v) is 12.3. The summed E-state index contributed by atoms with van der Waals surface area (Å²) in [5, 5.41) is 3.28. The van der Waals surface area contributed by atoms with Crippen molar-refractivity contribution in [2.75, 3.05) is 52.3 Å². The fourth-order valence-corrected chi connectivity index (χ4v) is 1.59. The number of likely N-dealkylation sites (N-methyl/N-ethyl adjacent to an activating group) is 1. The van der Waals surface area contributed by atoms with Gasteiger partial charge in [0.25, 0.3) is 0 Å². The molecule has 0 amide bonds. The lowest BCUT2D eigenvalue weighted by atomic mass is 10.4. The van der Waals surface area contributed by atoms with E-state index >= 15 is 0 Å². The van der Waals surface area contributed by atoms with Crippen molar-refractivity contribution < 1.29 is 9.47 Å². The van der Waals surface area contributed by atoms with Crippen LogP contribution in [0.4, 0.5) is 5.82 Å². The van der Waals surface area contributed by atoms with Gasteiger partial charge in [-0.1, -0.05) is 0 Å². The third-order valence-corrected chi connectivity index (χ3v) is 2.58. The first-order valence-corrected chi connectivity index (χ1v) is 6.55. The molecule has 0 fully saturated rings. The van der Waals surface area contributed by atoms with Crippen molar-refractivity contribution in [2.24, 2.45) is 0 Å². The maximum absolute atomic E-state index is 5.39. The van der Waals surface area contributed by atoms with Crippen molar-refractivity contribution in [3.8, 4) is 5.88 Å². The van der Waals surface area contributed by atoms with E-state index in [2.05, 4.69) is 27.2 Å². The van der Waals surface area contributed by atoms with Gasteiger partial charge in [0.05, 0.1) is 13.2 Å². The number of ether oxygens (including phenoxy) is 2. The highest BCUT2D eigenvalue weighted by atomic mass is 16.5. The smallest absolute Gasteiger partial charge is 0.218 e. The van der Waals surface area contributed by atoms with Gasteiger partial charge in [-0.15, -0.1) is 0 Å². The Hall–Kier alpha value is -1.40. The molecule has 0 bridgehead atoms. The monoisotopic (exact) mass is 268 g/mol. The Kier molecular flexibility index (Phi) is 7.14. The second-order valence-corrected chi connectivity index (χ2v) is 4.29. The number of methoxy groups -OCH3 is 1. The molecule has 108 valence electrons. The van der Waals surface area contributed by atoms with Gasteiger partial charge in [0.1, 0.15) is 11.6 Å². The highest BCUT2D eigenvalue weighted by molar-refractivity contribution is 5.38. The SMILES string of the molecule is CCOc1cc(NCCN(C)CCOC)nc(C)n1. The van der Waals surface area contributed by atoms with Crippen LogP contribution in [0.2, 0.25) is 0 Å². The van der Waals surface area contributed by atoms with Crippen molar-refractivity contribution in [1.29, 1.82) is 0 Å². The topological polar surface area (TPSA) is 59.5 Å². The van der Waals surface area contributed by atoms with E-state index in [4.69, 9.17) is 9.47 Å². The van der Waals surface area contributed by atoms with E-state index in [1.807, 2.05) is 19.9 Å². The van der Waals surface area contributed by atoms with E-state index in [1.165, 1.54) is 0 Å². The minimum Gasteiger partial charge on any atom is -0.478 e. The molecule has 1 aromatic rings. The van der Waals surface area contributed by atoms with Crippen molar-refractivity contribution in [2.45, 2.75) is 13.8 Å². The van der Waals surface area contributed by atoms with Crippen LogP contribution in [-0.4, -0.2) is 61.9 Å². The Morgan fingerprint density at radius 1 is 1.32 bits per heavy atom. The molecular weight excluding hydrogens is 244 g/mol. The molecule has 0 radical (unpaired) electrons. The zero-order valence-electron chi connectivity index (χ0n) is 12.3. The lowest BCUT2D eigenvalue weighted by molar-refractivity contribution is 0.163. The average molecular weight is 268 g/mol. The van der Waals surface area contributed by atoms with Gasteiger partial charge in [0.15, 0.2) is 0 Å². The van der Waals surface area contributed by atoms with Crippen LogP contribution in [0.15, 0.2) is 6.07 Å². The lowest BCUT2D eigenvalue weighted by Gasteiger charge is -2.16. The molecule has 0 saturated carbocycles. The molecule has 0 unspecified atom stereocenters. The number of hydrogen-bond donors (Lipinski definition) is 1. The first-order valence-electron chi connectivity index (χ1n) is 6.55. The second-order valence-electron chi connectivity index (χ2n) is 4.29. The van der Waals surface area contributed by atoms with Crippen LogP contribution < -0.4 is 10.1 Å². The summed E-state index contributed by atoms with van der Waals surface area (Å²) >= 11 is 0. The molecule has 0 aliphatic rings. The average Bonchev–Trinajstić information content (AvgIpc) is 2.36. The van der Waals surface area contributed by atoms with Gasteiger partial charge in [-0.25, -0.2) is 4.98 Å². The van der Waals surface area contributed by atoms with Gasteiger partial charge < -0.3 is 19.7 Å². The summed E-state index contributed by atoms with van der Waals surface area (Å²) < 4.78 is 10.4. The van der Waals surface area contributed by atoms with Gasteiger partial charge in [0, 0.05) is 32.8 Å². The summed E-state index contributed by atoms with van der Waals surface area (Å²) in [4.78, 5) is 10.7. The zero-order chi connectivity index (χ0) is 14.1. The molecule has 0 aliphatic heterocycles. The quantitative estimate of drug-likeness (QED) is 0.725. The van der Waals surface area contributed by atoms with Crippen LogP contribution in [0, 0.1) is 6.92 Å². The fourth-order valence-electron chi connectivity index (χ4n) is 1.59. The molecule has 1 N–H and O–H groups in total. The molecule has 6 heteroatoms. The Morgan fingerprint density at radius 2 is 2.11 bits per heavy atom. The third-order valence-electron chi connectivity index (χ3n) is 2.58. The highest BCUT2D eigenvalue weighted by Gasteiger charge is 2.03. The van der Waals surface area contributed by atoms with Crippen LogP contribution >= 0.6 is 0 Å². The van der Waals surface area contributed by atoms with Gasteiger partial charge >= 0.3 is 0 Å². The standard InChI is InChI=1S/C13H24N4O2/c1-5-19-13-10-12(15-11(2)16-13)14-6-7-17(3)8-9-18-4/h10H,5-9H2,1-4H3,(H,14,15,16). The largest absolute Gasteiger partial charge is 0.478 e. The summed E-state index contributed by atoms with van der Waals surface area (Å²) in [7, 11) is 3.78. The molecule has 0 saturated heterocycles. The van der Waals surface area contributed by atoms with E-state index < -0.39 is 0 Å². The van der Waals surface area contributed by atoms with Crippen molar-refractivity contribution in [1.82, 2.24) is 14.9 Å². The molecule has 19 heavy (non-hydrogen) atoms. The van der Waals surface area contributed by atoms with Crippen LogP contribution in [0.3, 0.4) is 0 Å². The number of anilines is 1. The molecule has 0 aliphatic carbocycles. The van der Waals surface area contributed by atoms with Crippen molar-refractivity contribution in [3.63, 3.8) is 0 Å². The van der Waals surface area contributed by atoms with Gasteiger partial charge in [-0.3, -0.25) is 0 Å². The number of rotatable bonds is 9. The van der Waals surface area contributed by atoms with E-state index in [0.717, 1.165) is 32.1 Å². The Bertz CT molecular complexity index is 374. The molecule has 1 heterocycles. The van der Waals surface area contributed by atoms with E-state index in [1.54, 1.807) is 7.11 Å². The van der Waals surface area contributed by atoms with Crippen LogP contribution in [0.25, 0.3) is 0 Å². The third kappa shape index (κ3) is 6.35. The number of aryl methyl sites for hydroxylation is 1. The minimum absolute atomic E-state index is 0.607. The van der Waals surface area contributed by atoms with Gasteiger partial charge in [-0.05, 0) is 20.9 Å². The predicted octanol–water partition coefficient (Wildman–Crippen LogP) is 1.17. The lowest BCUT2D eigenvalue weighted by Crippen LogP contribution is -2.28. The second kappa shape index (κ2) is 8.66. The summed E-state index contributed by atoms with van der Waals surface area (Å²) in [5.74, 6) is 2.13. The van der Waals surface area contributed by atoms with Gasteiger partial charge in [0.2, 0.25) is 5.88 Å². The predicted molar refractivity (Wildman–Crippen MR) is 75.8 cm³/mol. The summed E-state index contributed by atoms with van der Waals surface area (Å²) in [6, 6.07) is 1.83. The number of aromatic nitrogens is 2. The fraction of sp³-hybridized carbons (Fsp3) is 0.692. The maximum Gasteiger partial charge on any atom is 0.218 e. The Morgan fingerprint density at radius 3 is 2.79 bits per heavy atom. The molecule has 1 rings (SSSR count). The van der Waals surface area contributed by atoms with E-state index in [9.17, 15) is 0 Å². The minimum atomic E-state index is 0.607. The first-order chi connectivity index (χ1) is 9.15. The maximum atomic E-state index is 5.39. The number of hydrogen-bond acceptors (Lipinski definition) is 6. The summed E-state index contributed by atoms with van der Waals surface area (Å²) in [5.41, 5.74) is 0. The Labute approximate surface area is 115 Å². The van der Waals surface area contributed by atoms with Crippen LogP contribution in [0.5, 0.6) is 5.88 Å². The summed E-state index contributed by atoms with van der Waals surface area (Å²) in [6.45, 7) is 7.82. The normalized spacial score (nSPS) is 10.8. The highest BCUT2D eigenvalue weighted by Crippen LogP contribution is 2.12. The summed E-state index contributed by atoms with van der Waals surface area (Å²) in [6.07, 6.45) is 0. The molecular formula is C13H24N4O2. The molecule has 0 spiro atoms. The van der Waals surface area contributed by atoms with Crippen molar-refractivity contribution in [3.05, 3.63) is 11.9 Å². The van der Waals surface area contributed by atoms with Crippen molar-refractivity contribution >= 4 is 5.82 Å². The van der Waals surface area contributed by atoms with Crippen LogP contribution in [-0.2, 0) is 4.74 Å². The number of nitrogens with one attached hydrogen (secondary N) is 1. The van der Waals surface area contributed by atoms with Crippen LogP contribution in [0.1, 0.15) is 12.7 Å². The number of nitrogens with zero attached hydrogens (tertiary/aromatic N) is 3. The Balaban J connectivity index is 2.40. The van der Waals surface area contributed by atoms with E-state index in [0.29, 0.717) is 18.3 Å². The molecule has 6 nitrogen and oxygen atoms in total. The molecule has 0 aromatic carbocycles. The van der Waals surface area contributed by atoms with Gasteiger partial charge in [-0.2, -0.15) is 4.98 Å². The van der Waals surface area contributed by atoms with E-state index in [-0.39, 0.29) is 0 Å². The molecule has 0 atom stereocenters. The first kappa shape index (κ1) is 15.7.